The fourth-order valence-corrected chi connectivity index (χ4v) is 4.64. The number of rotatable bonds is 5. The standard InChI is InChI=1S/C17H18ClNO6S/c1-11-7-13(8-17(20)24-11)25-12-5-6-19(10-12)26(21,22)14-3-4-16(23-2)15(18)9-14/h3-4,7-9,12H,5-6,10H2,1-2H3/t12-/m0/s1. The van der Waals surface area contributed by atoms with Crippen LogP contribution in [0, 0.1) is 6.92 Å². The van der Waals surface area contributed by atoms with Gasteiger partial charge in [-0.2, -0.15) is 4.31 Å². The van der Waals surface area contributed by atoms with E-state index in [0.717, 1.165) is 0 Å². The molecule has 0 bridgehead atoms. The fourth-order valence-electron chi connectivity index (χ4n) is 2.81. The normalized spacial score (nSPS) is 18.0. The van der Waals surface area contributed by atoms with Crippen LogP contribution in [0.2, 0.25) is 5.02 Å². The smallest absolute Gasteiger partial charge is 0.339 e. The van der Waals surface area contributed by atoms with Gasteiger partial charge in [-0.3, -0.25) is 0 Å². The van der Waals surface area contributed by atoms with Gasteiger partial charge in [-0.15, -0.1) is 0 Å². The zero-order valence-electron chi connectivity index (χ0n) is 14.3. The summed E-state index contributed by atoms with van der Waals surface area (Å²) in [7, 11) is -2.23. The molecule has 1 aromatic carbocycles. The van der Waals surface area contributed by atoms with Crippen LogP contribution in [0.1, 0.15) is 12.2 Å². The van der Waals surface area contributed by atoms with Crippen LogP contribution >= 0.6 is 11.6 Å². The number of benzene rings is 1. The van der Waals surface area contributed by atoms with Crippen LogP contribution in [0.4, 0.5) is 0 Å². The summed E-state index contributed by atoms with van der Waals surface area (Å²) in [5, 5.41) is 0.229. The van der Waals surface area contributed by atoms with Gasteiger partial charge in [-0.05, 0) is 31.5 Å². The highest BCUT2D eigenvalue weighted by molar-refractivity contribution is 7.89. The Morgan fingerprint density at radius 3 is 2.69 bits per heavy atom. The zero-order valence-corrected chi connectivity index (χ0v) is 15.8. The van der Waals surface area contributed by atoms with Crippen molar-refractivity contribution in [3.63, 3.8) is 0 Å². The maximum Gasteiger partial charge on any atom is 0.339 e. The van der Waals surface area contributed by atoms with Crippen molar-refractivity contribution in [2.24, 2.45) is 0 Å². The van der Waals surface area contributed by atoms with E-state index in [-0.39, 0.29) is 22.6 Å². The van der Waals surface area contributed by atoms with E-state index >= 15 is 0 Å². The van der Waals surface area contributed by atoms with E-state index in [2.05, 4.69) is 0 Å². The summed E-state index contributed by atoms with van der Waals surface area (Å²) in [6, 6.07) is 7.19. The molecule has 2 heterocycles. The topological polar surface area (TPSA) is 86.1 Å². The Bertz CT molecular complexity index is 971. The molecule has 0 aliphatic carbocycles. The molecule has 7 nitrogen and oxygen atoms in total. The number of hydrogen-bond acceptors (Lipinski definition) is 6. The maximum absolute atomic E-state index is 12.8. The van der Waals surface area contributed by atoms with Gasteiger partial charge < -0.3 is 13.9 Å². The molecule has 1 atom stereocenters. The average Bonchev–Trinajstić information content (AvgIpc) is 3.03. The van der Waals surface area contributed by atoms with Crippen molar-refractivity contribution in [1.82, 2.24) is 4.31 Å². The van der Waals surface area contributed by atoms with Crippen LogP contribution in [0.3, 0.4) is 0 Å². The fraction of sp³-hybridized carbons (Fsp3) is 0.353. The SMILES string of the molecule is COc1ccc(S(=O)(=O)N2CC[C@H](Oc3cc(C)oc(=O)c3)C2)cc1Cl. The molecular weight excluding hydrogens is 382 g/mol. The van der Waals surface area contributed by atoms with Crippen molar-refractivity contribution >= 4 is 21.6 Å². The third-order valence-electron chi connectivity index (χ3n) is 4.04. The Hall–Kier alpha value is -2.03. The van der Waals surface area contributed by atoms with Crippen molar-refractivity contribution in [2.45, 2.75) is 24.3 Å². The van der Waals surface area contributed by atoms with Crippen LogP contribution in [0.5, 0.6) is 11.5 Å². The lowest BCUT2D eigenvalue weighted by Crippen LogP contribution is -2.31. The molecule has 0 radical (unpaired) electrons. The molecule has 1 aliphatic rings. The predicted molar refractivity (Wildman–Crippen MR) is 95.5 cm³/mol. The summed E-state index contributed by atoms with van der Waals surface area (Å²) in [5.74, 6) is 1.21. The molecule has 140 valence electrons. The highest BCUT2D eigenvalue weighted by atomic mass is 35.5. The molecule has 1 aromatic heterocycles. The molecule has 9 heteroatoms. The lowest BCUT2D eigenvalue weighted by molar-refractivity contribution is 0.213. The molecule has 1 saturated heterocycles. The van der Waals surface area contributed by atoms with Crippen LogP contribution in [0.15, 0.2) is 44.4 Å². The Kier molecular flexibility index (Phi) is 5.27. The minimum Gasteiger partial charge on any atom is -0.495 e. The van der Waals surface area contributed by atoms with Gasteiger partial charge in [0.1, 0.15) is 23.4 Å². The predicted octanol–water partition coefficient (Wildman–Crippen LogP) is 2.45. The van der Waals surface area contributed by atoms with Gasteiger partial charge in [-0.25, -0.2) is 13.2 Å². The zero-order chi connectivity index (χ0) is 18.9. The van der Waals surface area contributed by atoms with Crippen molar-refractivity contribution in [2.75, 3.05) is 20.2 Å². The van der Waals surface area contributed by atoms with Crippen molar-refractivity contribution in [3.8, 4) is 11.5 Å². The summed E-state index contributed by atoms with van der Waals surface area (Å²) in [6.07, 6.45) is 0.169. The van der Waals surface area contributed by atoms with E-state index in [1.54, 1.807) is 13.0 Å². The number of methoxy groups -OCH3 is 1. The van der Waals surface area contributed by atoms with E-state index in [0.29, 0.717) is 30.2 Å². The highest BCUT2D eigenvalue weighted by Gasteiger charge is 2.34. The quantitative estimate of drug-likeness (QED) is 0.767. The molecule has 0 unspecified atom stereocenters. The molecule has 0 spiro atoms. The Balaban J connectivity index is 1.75. The molecular formula is C17H18ClNO6S. The number of sulfonamides is 1. The van der Waals surface area contributed by atoms with E-state index in [4.69, 9.17) is 25.5 Å². The first-order valence-corrected chi connectivity index (χ1v) is 9.73. The van der Waals surface area contributed by atoms with E-state index < -0.39 is 15.6 Å². The molecule has 3 rings (SSSR count). The van der Waals surface area contributed by atoms with Gasteiger partial charge >= 0.3 is 5.63 Å². The summed E-state index contributed by atoms with van der Waals surface area (Å²) in [5.41, 5.74) is -0.504. The van der Waals surface area contributed by atoms with Gasteiger partial charge in [0.2, 0.25) is 10.0 Å². The second kappa shape index (κ2) is 7.30. The summed E-state index contributed by atoms with van der Waals surface area (Å²) >= 11 is 6.04. The monoisotopic (exact) mass is 399 g/mol. The van der Waals surface area contributed by atoms with E-state index in [9.17, 15) is 13.2 Å². The van der Waals surface area contributed by atoms with Gasteiger partial charge in [0.25, 0.3) is 0 Å². The molecule has 1 fully saturated rings. The van der Waals surface area contributed by atoms with Crippen LogP contribution in [-0.2, 0) is 10.0 Å². The summed E-state index contributed by atoms with van der Waals surface area (Å²) in [4.78, 5) is 11.5. The Morgan fingerprint density at radius 1 is 1.27 bits per heavy atom. The van der Waals surface area contributed by atoms with Gasteiger partial charge in [-0.1, -0.05) is 11.6 Å². The number of nitrogens with zero attached hydrogens (tertiary/aromatic N) is 1. The number of ether oxygens (including phenoxy) is 2. The molecule has 26 heavy (non-hydrogen) atoms. The Morgan fingerprint density at radius 2 is 2.04 bits per heavy atom. The number of hydrogen-bond donors (Lipinski definition) is 0. The first-order chi connectivity index (χ1) is 12.3. The number of aryl methyl sites for hydroxylation is 1. The second-order valence-corrected chi connectivity index (χ2v) is 8.26. The molecule has 0 saturated carbocycles. The van der Waals surface area contributed by atoms with E-state index in [1.807, 2.05) is 0 Å². The third-order valence-corrected chi connectivity index (χ3v) is 6.20. The van der Waals surface area contributed by atoms with Crippen molar-refractivity contribution < 1.29 is 22.3 Å². The number of halogens is 1. The molecule has 0 amide bonds. The largest absolute Gasteiger partial charge is 0.495 e. The van der Waals surface area contributed by atoms with Crippen LogP contribution in [-0.4, -0.2) is 39.0 Å². The van der Waals surface area contributed by atoms with Gasteiger partial charge in [0.15, 0.2) is 0 Å². The maximum atomic E-state index is 12.8. The second-order valence-electron chi connectivity index (χ2n) is 5.91. The first kappa shape index (κ1) is 18.8. The van der Waals surface area contributed by atoms with Crippen molar-refractivity contribution in [3.05, 3.63) is 51.5 Å². The minimum absolute atomic E-state index is 0.0974. The highest BCUT2D eigenvalue weighted by Crippen LogP contribution is 2.30. The molecule has 1 aliphatic heterocycles. The Labute approximate surface area is 156 Å². The lowest BCUT2D eigenvalue weighted by atomic mass is 10.3. The minimum atomic E-state index is -3.69. The summed E-state index contributed by atoms with van der Waals surface area (Å²) in [6.45, 7) is 2.15. The lowest BCUT2D eigenvalue weighted by Gasteiger charge is -2.18. The first-order valence-electron chi connectivity index (χ1n) is 7.92. The molecule has 2 aromatic rings. The van der Waals surface area contributed by atoms with E-state index in [1.165, 1.54) is 35.7 Å². The summed E-state index contributed by atoms with van der Waals surface area (Å²) < 4.78 is 42.6. The third kappa shape index (κ3) is 3.87. The average molecular weight is 400 g/mol. The van der Waals surface area contributed by atoms with Gasteiger partial charge in [0, 0.05) is 12.6 Å². The van der Waals surface area contributed by atoms with Gasteiger partial charge in [0.05, 0.1) is 29.6 Å². The molecule has 0 N–H and O–H groups in total. The van der Waals surface area contributed by atoms with Crippen LogP contribution < -0.4 is 15.1 Å². The van der Waals surface area contributed by atoms with Crippen LogP contribution in [0.25, 0.3) is 0 Å². The van der Waals surface area contributed by atoms with Crippen molar-refractivity contribution in [1.29, 1.82) is 0 Å².